The van der Waals surface area contributed by atoms with Gasteiger partial charge in [-0.1, -0.05) is 54.0 Å². The van der Waals surface area contributed by atoms with Gasteiger partial charge in [-0.05, 0) is 111 Å². The second-order valence-electron chi connectivity index (χ2n) is 16.3. The normalized spacial score (nSPS) is 47.5. The number of hydrogen-bond acceptors (Lipinski definition) is 5. The molecule has 0 radical (unpaired) electrons. The predicted octanol–water partition coefficient (Wildman–Crippen LogP) is 7.85. The van der Waals surface area contributed by atoms with Gasteiger partial charge in [0, 0.05) is 18.3 Å². The highest BCUT2D eigenvalue weighted by Gasteiger charge is 2.70. The van der Waals surface area contributed by atoms with Gasteiger partial charge in [-0.3, -0.25) is 14.4 Å². The molecule has 0 saturated heterocycles. The van der Waals surface area contributed by atoms with E-state index in [1.54, 1.807) is 0 Å². The van der Waals surface area contributed by atoms with Crippen LogP contribution in [0.15, 0.2) is 11.6 Å². The van der Waals surface area contributed by atoms with Crippen molar-refractivity contribution in [2.45, 2.75) is 133 Å². The molecular formula is C35H54O5. The highest BCUT2D eigenvalue weighted by Crippen LogP contribution is 2.75. The number of ether oxygens (including phenoxy) is 2. The zero-order chi connectivity index (χ0) is 29.5. The van der Waals surface area contributed by atoms with Gasteiger partial charge in [-0.25, -0.2) is 0 Å². The van der Waals surface area contributed by atoms with Crippen LogP contribution < -0.4 is 0 Å². The fourth-order valence-electron chi connectivity index (χ4n) is 11.1. The minimum atomic E-state index is -0.498. The molecule has 0 N–H and O–H groups in total. The summed E-state index contributed by atoms with van der Waals surface area (Å²) < 4.78 is 11.6. The number of hydrogen-bond donors (Lipinski definition) is 0. The number of allylic oxidation sites excluding steroid dienone is 2. The minimum Gasteiger partial charge on any atom is -0.465 e. The molecule has 4 saturated carbocycles. The lowest BCUT2D eigenvalue weighted by Crippen LogP contribution is -2.66. The lowest BCUT2D eigenvalue weighted by atomic mass is 9.33. The molecule has 224 valence electrons. The Morgan fingerprint density at radius 2 is 1.60 bits per heavy atom. The summed E-state index contributed by atoms with van der Waals surface area (Å²) in [7, 11) is 0. The van der Waals surface area contributed by atoms with Crippen LogP contribution >= 0.6 is 0 Å². The van der Waals surface area contributed by atoms with Crippen LogP contribution in [0.4, 0.5) is 0 Å². The fourth-order valence-corrected chi connectivity index (χ4v) is 11.1. The largest absolute Gasteiger partial charge is 0.465 e. The fraction of sp³-hybridized carbons (Fsp3) is 0.857. The smallest absolute Gasteiger partial charge is 0.311 e. The SMILES string of the molecule is CCCOC(=O)[C@@]1(C)CC[C@]2(C)CC[C@]3(C)C(=CC(=O)[C@H]4[C@@]5(C)CC[C@H](OC(C)=O)C(C)(C)[C@@H]5CC[C@@]43C)[C@@H]2C1. The summed E-state index contributed by atoms with van der Waals surface area (Å²) in [5.41, 5.74) is 0.413. The molecule has 0 aromatic rings. The molecule has 40 heavy (non-hydrogen) atoms. The van der Waals surface area contributed by atoms with Crippen molar-refractivity contribution in [1.29, 1.82) is 0 Å². The van der Waals surface area contributed by atoms with Crippen molar-refractivity contribution in [3.8, 4) is 0 Å². The number of ketones is 1. The van der Waals surface area contributed by atoms with Crippen LogP contribution in [-0.4, -0.2) is 30.4 Å². The Hall–Kier alpha value is -1.65. The molecule has 0 aliphatic heterocycles. The van der Waals surface area contributed by atoms with Crippen LogP contribution in [0.25, 0.3) is 0 Å². The highest BCUT2D eigenvalue weighted by atomic mass is 16.5. The number of esters is 2. The monoisotopic (exact) mass is 554 g/mol. The summed E-state index contributed by atoms with van der Waals surface area (Å²) in [5.74, 6) is 0.532. The Morgan fingerprint density at radius 1 is 0.925 bits per heavy atom. The molecule has 0 amide bonds. The number of rotatable bonds is 4. The Morgan fingerprint density at radius 3 is 2.25 bits per heavy atom. The van der Waals surface area contributed by atoms with Crippen molar-refractivity contribution in [2.75, 3.05) is 6.61 Å². The summed E-state index contributed by atoms with van der Waals surface area (Å²) in [5, 5.41) is 0. The third kappa shape index (κ3) is 4.02. The van der Waals surface area contributed by atoms with Gasteiger partial charge in [0.2, 0.25) is 0 Å². The maximum Gasteiger partial charge on any atom is 0.311 e. The molecule has 0 spiro atoms. The van der Waals surface area contributed by atoms with E-state index in [9.17, 15) is 14.4 Å². The van der Waals surface area contributed by atoms with Crippen molar-refractivity contribution < 1.29 is 23.9 Å². The van der Waals surface area contributed by atoms with Gasteiger partial charge in [0.25, 0.3) is 0 Å². The molecule has 5 nitrogen and oxygen atoms in total. The van der Waals surface area contributed by atoms with E-state index in [0.29, 0.717) is 18.3 Å². The zero-order valence-corrected chi connectivity index (χ0v) is 26.7. The summed E-state index contributed by atoms with van der Waals surface area (Å²) in [6, 6.07) is 0. The Kier molecular flexibility index (Phi) is 7.03. The van der Waals surface area contributed by atoms with Crippen LogP contribution in [0.3, 0.4) is 0 Å². The van der Waals surface area contributed by atoms with Gasteiger partial charge in [-0.2, -0.15) is 0 Å². The Bertz CT molecular complexity index is 1120. The molecule has 4 fully saturated rings. The van der Waals surface area contributed by atoms with Crippen molar-refractivity contribution in [1.82, 2.24) is 0 Å². The van der Waals surface area contributed by atoms with Crippen molar-refractivity contribution >= 4 is 17.7 Å². The molecule has 0 aromatic carbocycles. The summed E-state index contributed by atoms with van der Waals surface area (Å²) in [6.07, 6.45) is 11.5. The van der Waals surface area contributed by atoms with E-state index < -0.39 is 5.41 Å². The molecule has 5 aliphatic carbocycles. The van der Waals surface area contributed by atoms with Crippen molar-refractivity contribution in [2.24, 2.45) is 50.2 Å². The summed E-state index contributed by atoms with van der Waals surface area (Å²) in [6.45, 7) is 20.3. The first-order valence-electron chi connectivity index (χ1n) is 16.1. The number of fused-ring (bicyclic) bond motifs is 7. The number of carbonyl (C=O) groups is 3. The molecule has 5 aliphatic rings. The third-order valence-corrected chi connectivity index (χ3v) is 13.8. The second-order valence-corrected chi connectivity index (χ2v) is 16.3. The van der Waals surface area contributed by atoms with Gasteiger partial charge < -0.3 is 9.47 Å². The zero-order valence-electron chi connectivity index (χ0n) is 26.7. The van der Waals surface area contributed by atoms with E-state index in [4.69, 9.17) is 9.47 Å². The van der Waals surface area contributed by atoms with Gasteiger partial charge in [0.05, 0.1) is 12.0 Å². The van der Waals surface area contributed by atoms with Crippen LogP contribution in [-0.2, 0) is 23.9 Å². The van der Waals surface area contributed by atoms with E-state index >= 15 is 0 Å². The quantitative estimate of drug-likeness (QED) is 0.331. The van der Waals surface area contributed by atoms with Gasteiger partial charge in [-0.15, -0.1) is 0 Å². The van der Waals surface area contributed by atoms with Gasteiger partial charge in [0.15, 0.2) is 5.78 Å². The molecule has 5 rings (SSSR count). The first-order valence-corrected chi connectivity index (χ1v) is 16.1. The van der Waals surface area contributed by atoms with Gasteiger partial charge in [0.1, 0.15) is 6.10 Å². The lowest BCUT2D eigenvalue weighted by molar-refractivity contribution is -0.210. The molecule has 0 bridgehead atoms. The summed E-state index contributed by atoms with van der Waals surface area (Å²) in [4.78, 5) is 39.7. The summed E-state index contributed by atoms with van der Waals surface area (Å²) >= 11 is 0. The van der Waals surface area contributed by atoms with Crippen LogP contribution in [0, 0.1) is 50.2 Å². The minimum absolute atomic E-state index is 0.0427. The van der Waals surface area contributed by atoms with E-state index in [1.165, 1.54) is 12.5 Å². The van der Waals surface area contributed by atoms with Crippen LogP contribution in [0.5, 0.6) is 0 Å². The maximum absolute atomic E-state index is 14.5. The van der Waals surface area contributed by atoms with Crippen molar-refractivity contribution in [3.63, 3.8) is 0 Å². The molecule has 0 unspecified atom stereocenters. The average molecular weight is 555 g/mol. The predicted molar refractivity (Wildman–Crippen MR) is 156 cm³/mol. The van der Waals surface area contributed by atoms with Crippen LogP contribution in [0.1, 0.15) is 127 Å². The van der Waals surface area contributed by atoms with E-state index in [2.05, 4.69) is 54.5 Å². The standard InChI is InChI=1S/C35H54O5/c1-10-19-39-29(38)32(6)16-15-31(5)17-18-34(8)23(24(31)21-32)20-25(37)28-33(7)13-12-27(40-22(2)36)30(3,4)26(33)11-14-35(28,34)9/h20,24,26-28H,10-19,21H2,1-9H3/t24-,26-,27-,28-,31+,32-,33-,34+,35-/m0/s1. The first kappa shape index (κ1) is 29.8. The molecule has 9 atom stereocenters. The van der Waals surface area contributed by atoms with E-state index in [-0.39, 0.29) is 57.0 Å². The first-order chi connectivity index (χ1) is 18.5. The second kappa shape index (κ2) is 9.43. The van der Waals surface area contributed by atoms with Gasteiger partial charge >= 0.3 is 11.9 Å². The maximum atomic E-state index is 14.5. The van der Waals surface area contributed by atoms with Crippen LogP contribution in [0.2, 0.25) is 0 Å². The van der Waals surface area contributed by atoms with Crippen molar-refractivity contribution in [3.05, 3.63) is 11.6 Å². The Balaban J connectivity index is 1.54. The number of carbonyl (C=O) groups excluding carboxylic acids is 3. The molecule has 0 aromatic heterocycles. The highest BCUT2D eigenvalue weighted by molar-refractivity contribution is 5.95. The third-order valence-electron chi connectivity index (χ3n) is 13.8. The van der Waals surface area contributed by atoms with E-state index in [1.807, 2.05) is 6.92 Å². The Labute approximate surface area is 242 Å². The van der Waals surface area contributed by atoms with E-state index in [0.717, 1.165) is 64.2 Å². The molecule has 0 heterocycles. The average Bonchev–Trinajstić information content (AvgIpc) is 2.86. The molecule has 5 heteroatoms. The molecular weight excluding hydrogens is 500 g/mol. The topological polar surface area (TPSA) is 69.7 Å². The lowest BCUT2D eigenvalue weighted by Gasteiger charge is -2.70.